The van der Waals surface area contributed by atoms with Crippen LogP contribution in [-0.2, 0) is 22.6 Å². The quantitative estimate of drug-likeness (QED) is 0.758. The summed E-state index contributed by atoms with van der Waals surface area (Å²) in [7, 11) is 0. The molecule has 2 heterocycles. The van der Waals surface area contributed by atoms with Crippen LogP contribution in [0.2, 0.25) is 0 Å². The first-order chi connectivity index (χ1) is 11.5. The van der Waals surface area contributed by atoms with E-state index in [9.17, 15) is 14.7 Å². The zero-order valence-corrected chi connectivity index (χ0v) is 13.7. The van der Waals surface area contributed by atoms with Crippen LogP contribution in [0.4, 0.5) is 0 Å². The van der Waals surface area contributed by atoms with Crippen LogP contribution in [0.3, 0.4) is 0 Å². The number of nitrogens with zero attached hydrogens (tertiary/aromatic N) is 1. The predicted octanol–water partition coefficient (Wildman–Crippen LogP) is 0.777. The molecule has 0 saturated carbocycles. The van der Waals surface area contributed by atoms with Crippen molar-refractivity contribution in [3.63, 3.8) is 0 Å². The molecule has 1 aromatic carbocycles. The van der Waals surface area contributed by atoms with E-state index in [4.69, 9.17) is 5.11 Å². The number of nitrogens with one attached hydrogen (secondary N) is 1. The summed E-state index contributed by atoms with van der Waals surface area (Å²) in [6.45, 7) is 2.72. The number of rotatable bonds is 4. The van der Waals surface area contributed by atoms with E-state index in [1.165, 1.54) is 0 Å². The molecule has 0 bridgehead atoms. The van der Waals surface area contributed by atoms with Crippen LogP contribution in [0.25, 0.3) is 0 Å². The molecule has 0 aromatic heterocycles. The van der Waals surface area contributed by atoms with Crippen LogP contribution in [0.1, 0.15) is 30.4 Å². The van der Waals surface area contributed by atoms with Crippen molar-refractivity contribution in [1.29, 1.82) is 0 Å². The maximum Gasteiger partial charge on any atom is 0.307 e. The smallest absolute Gasteiger partial charge is 0.307 e. The molecule has 130 valence electrons. The number of carboxylic acid groups (broad SMARTS) is 1. The summed E-state index contributed by atoms with van der Waals surface area (Å²) >= 11 is 0. The molecule has 3 N–H and O–H groups in total. The minimum absolute atomic E-state index is 0.0252. The second-order valence-electron chi connectivity index (χ2n) is 6.92. The summed E-state index contributed by atoms with van der Waals surface area (Å²) < 4.78 is 0. The molecule has 1 amide bonds. The number of amides is 1. The van der Waals surface area contributed by atoms with Crippen LogP contribution in [0.5, 0.6) is 0 Å². The minimum Gasteiger partial charge on any atom is -0.481 e. The van der Waals surface area contributed by atoms with E-state index in [-0.39, 0.29) is 12.3 Å². The maximum atomic E-state index is 12.4. The topological polar surface area (TPSA) is 89.9 Å². The number of aliphatic hydroxyl groups is 1. The largest absolute Gasteiger partial charge is 0.481 e. The molecule has 2 atom stereocenters. The predicted molar refractivity (Wildman–Crippen MR) is 88.4 cm³/mol. The Bertz CT molecular complexity index is 616. The zero-order chi connectivity index (χ0) is 17.2. The van der Waals surface area contributed by atoms with Gasteiger partial charge in [0.15, 0.2) is 0 Å². The Morgan fingerprint density at radius 1 is 1.29 bits per heavy atom. The Morgan fingerprint density at radius 2 is 2.00 bits per heavy atom. The Balaban J connectivity index is 1.67. The Morgan fingerprint density at radius 3 is 2.67 bits per heavy atom. The van der Waals surface area contributed by atoms with Gasteiger partial charge in [-0.25, -0.2) is 0 Å². The number of aliphatic hydroxyl groups excluding tert-OH is 1. The minimum atomic E-state index is -0.835. The van der Waals surface area contributed by atoms with Crippen molar-refractivity contribution in [3.8, 4) is 0 Å². The van der Waals surface area contributed by atoms with Crippen LogP contribution in [-0.4, -0.2) is 52.7 Å². The third-order valence-electron chi connectivity index (χ3n) is 5.18. The lowest BCUT2D eigenvalue weighted by Gasteiger charge is -2.47. The van der Waals surface area contributed by atoms with Gasteiger partial charge in [0.05, 0.1) is 17.9 Å². The van der Waals surface area contributed by atoms with E-state index in [0.29, 0.717) is 26.1 Å². The number of hydrogen-bond acceptors (Lipinski definition) is 4. The first-order valence-corrected chi connectivity index (χ1v) is 8.48. The van der Waals surface area contributed by atoms with Crippen molar-refractivity contribution in [3.05, 3.63) is 35.4 Å². The molecule has 2 aliphatic rings. The summed E-state index contributed by atoms with van der Waals surface area (Å²) in [4.78, 5) is 25.3. The van der Waals surface area contributed by atoms with Crippen molar-refractivity contribution in [2.75, 3.05) is 19.6 Å². The van der Waals surface area contributed by atoms with Crippen LogP contribution < -0.4 is 5.32 Å². The summed E-state index contributed by atoms with van der Waals surface area (Å²) in [5, 5.41) is 22.1. The third kappa shape index (κ3) is 3.44. The number of hydrogen-bond donors (Lipinski definition) is 3. The molecule has 0 aliphatic carbocycles. The fraction of sp³-hybridized carbons (Fsp3) is 0.556. The number of benzene rings is 1. The van der Waals surface area contributed by atoms with E-state index < -0.39 is 17.5 Å². The molecule has 0 unspecified atom stereocenters. The van der Waals surface area contributed by atoms with Crippen LogP contribution in [0.15, 0.2) is 24.3 Å². The molecule has 1 aromatic rings. The van der Waals surface area contributed by atoms with Gasteiger partial charge < -0.3 is 15.5 Å². The van der Waals surface area contributed by atoms with Gasteiger partial charge in [0, 0.05) is 26.2 Å². The first-order valence-electron chi connectivity index (χ1n) is 8.48. The molecule has 24 heavy (non-hydrogen) atoms. The summed E-state index contributed by atoms with van der Waals surface area (Å²) in [6, 6.07) is 7.56. The van der Waals surface area contributed by atoms with Crippen molar-refractivity contribution < 1.29 is 19.8 Å². The lowest BCUT2D eigenvalue weighted by Crippen LogP contribution is -2.61. The number of carbonyl (C=O) groups excluding carboxylic acids is 1. The molecule has 6 heteroatoms. The lowest BCUT2D eigenvalue weighted by molar-refractivity contribution is -0.149. The van der Waals surface area contributed by atoms with E-state index in [2.05, 4.69) is 10.2 Å². The number of carboxylic acids is 1. The van der Waals surface area contributed by atoms with E-state index in [1.807, 2.05) is 24.3 Å². The highest BCUT2D eigenvalue weighted by molar-refractivity contribution is 5.84. The van der Waals surface area contributed by atoms with Gasteiger partial charge in [-0.15, -0.1) is 0 Å². The van der Waals surface area contributed by atoms with Crippen molar-refractivity contribution in [2.24, 2.45) is 5.41 Å². The standard InChI is InChI=1S/C18H24N2O4/c21-15-6-9-20(12-18(15)7-1-8-19-17(18)24)11-14-4-2-13(3-5-14)10-16(22)23/h2-5,15,21H,1,6-12H2,(H,19,24)(H,22,23)/t15-,18+/m0/s1. The second kappa shape index (κ2) is 6.91. The monoisotopic (exact) mass is 332 g/mol. The van der Waals surface area contributed by atoms with Gasteiger partial charge in [-0.1, -0.05) is 24.3 Å². The number of likely N-dealkylation sites (tertiary alicyclic amines) is 1. The maximum absolute atomic E-state index is 12.4. The Labute approximate surface area is 141 Å². The summed E-state index contributed by atoms with van der Waals surface area (Å²) in [5.41, 5.74) is 1.19. The average molecular weight is 332 g/mol. The Hall–Kier alpha value is -1.92. The number of aliphatic carboxylic acids is 1. The van der Waals surface area contributed by atoms with Gasteiger partial charge in [0.1, 0.15) is 0 Å². The van der Waals surface area contributed by atoms with Gasteiger partial charge in [-0.2, -0.15) is 0 Å². The van der Waals surface area contributed by atoms with Gasteiger partial charge in [-0.3, -0.25) is 14.5 Å². The van der Waals surface area contributed by atoms with Gasteiger partial charge >= 0.3 is 5.97 Å². The molecule has 2 fully saturated rings. The fourth-order valence-corrected chi connectivity index (χ4v) is 3.86. The highest BCUT2D eigenvalue weighted by Gasteiger charge is 2.49. The van der Waals surface area contributed by atoms with Gasteiger partial charge in [0.2, 0.25) is 5.91 Å². The fourth-order valence-electron chi connectivity index (χ4n) is 3.86. The molecule has 0 radical (unpaired) electrons. The molecule has 1 spiro atoms. The molecular formula is C18H24N2O4. The number of carbonyl (C=O) groups is 2. The van der Waals surface area contributed by atoms with Crippen LogP contribution in [0, 0.1) is 5.41 Å². The van der Waals surface area contributed by atoms with Crippen molar-refractivity contribution >= 4 is 11.9 Å². The van der Waals surface area contributed by atoms with Crippen molar-refractivity contribution in [1.82, 2.24) is 10.2 Å². The molecule has 2 aliphatic heterocycles. The average Bonchev–Trinajstić information content (AvgIpc) is 2.55. The van der Waals surface area contributed by atoms with Crippen molar-refractivity contribution in [2.45, 2.75) is 38.3 Å². The van der Waals surface area contributed by atoms with E-state index >= 15 is 0 Å². The summed E-state index contributed by atoms with van der Waals surface area (Å²) in [5.74, 6) is -0.860. The normalized spacial score (nSPS) is 27.9. The molecule has 2 saturated heterocycles. The number of piperidine rings is 2. The first kappa shape index (κ1) is 16.9. The molecular weight excluding hydrogens is 308 g/mol. The molecule has 6 nitrogen and oxygen atoms in total. The van der Waals surface area contributed by atoms with Gasteiger partial charge in [-0.05, 0) is 30.4 Å². The molecule has 3 rings (SSSR count). The highest BCUT2D eigenvalue weighted by Crippen LogP contribution is 2.37. The van der Waals surface area contributed by atoms with E-state index in [0.717, 1.165) is 30.5 Å². The third-order valence-corrected chi connectivity index (χ3v) is 5.18. The summed E-state index contributed by atoms with van der Waals surface area (Å²) in [6.07, 6.45) is 1.69. The Kier molecular flexibility index (Phi) is 4.87. The second-order valence-corrected chi connectivity index (χ2v) is 6.92. The highest BCUT2D eigenvalue weighted by atomic mass is 16.4. The van der Waals surface area contributed by atoms with Crippen LogP contribution >= 0.6 is 0 Å². The van der Waals surface area contributed by atoms with E-state index in [1.54, 1.807) is 0 Å². The SMILES string of the molecule is O=C(O)Cc1ccc(CN2CC[C@H](O)[C@@]3(CCCNC3=O)C2)cc1. The zero-order valence-electron chi connectivity index (χ0n) is 13.7. The lowest BCUT2D eigenvalue weighted by atomic mass is 9.71. The van der Waals surface area contributed by atoms with Gasteiger partial charge in [0.25, 0.3) is 0 Å².